The quantitative estimate of drug-likeness (QED) is 0.139. The van der Waals surface area contributed by atoms with Crippen molar-refractivity contribution in [3.8, 4) is 44.8 Å². The van der Waals surface area contributed by atoms with Crippen LogP contribution in [0.25, 0.3) is 55.5 Å². The van der Waals surface area contributed by atoms with Crippen molar-refractivity contribution in [3.63, 3.8) is 0 Å². The Kier molecular flexibility index (Phi) is 9.32. The van der Waals surface area contributed by atoms with Gasteiger partial charge in [0.2, 0.25) is 0 Å². The van der Waals surface area contributed by atoms with Gasteiger partial charge in [-0.15, -0.1) is 0 Å². The third kappa shape index (κ3) is 6.90. The molecular weight excluding hydrogens is 683 g/mol. The average molecular weight is 722 g/mol. The molecule has 9 aromatic rings. The second kappa shape index (κ2) is 15.2. The molecule has 9 rings (SSSR count). The number of hydrogen-bond donors (Lipinski definition) is 0. The lowest BCUT2D eigenvalue weighted by molar-refractivity contribution is 0.917. The van der Waals surface area contributed by atoms with Gasteiger partial charge in [-0.2, -0.15) is 5.10 Å². The molecule has 0 aliphatic rings. The van der Waals surface area contributed by atoms with Gasteiger partial charge in [-0.25, -0.2) is 4.68 Å². The first-order valence-electron chi connectivity index (χ1n) is 18.8. The second-order valence-corrected chi connectivity index (χ2v) is 14.0. The van der Waals surface area contributed by atoms with Crippen LogP contribution in [-0.2, 0) is 0 Å². The van der Waals surface area contributed by atoms with Gasteiger partial charge in [-0.05, 0) is 102 Å². The Bertz CT molecular complexity index is 2590. The summed E-state index contributed by atoms with van der Waals surface area (Å²) >= 11 is 0. The Labute approximate surface area is 327 Å². The van der Waals surface area contributed by atoms with Crippen LogP contribution in [0, 0.1) is 13.8 Å². The lowest BCUT2D eigenvalue weighted by Crippen LogP contribution is -2.10. The Balaban J connectivity index is 1.15. The molecular formula is C51H39N5. The summed E-state index contributed by atoms with van der Waals surface area (Å²) in [7, 11) is 0. The summed E-state index contributed by atoms with van der Waals surface area (Å²) in [5.41, 5.74) is 15.5. The third-order valence-corrected chi connectivity index (χ3v) is 10.3. The van der Waals surface area contributed by atoms with Crippen molar-refractivity contribution in [1.29, 1.82) is 0 Å². The molecule has 0 N–H and O–H groups in total. The van der Waals surface area contributed by atoms with Crippen LogP contribution in [-0.4, -0.2) is 20.9 Å². The van der Waals surface area contributed by atoms with E-state index < -0.39 is 0 Å². The summed E-state index contributed by atoms with van der Waals surface area (Å²) in [5.74, 6) is 0. The first-order chi connectivity index (χ1) is 27.6. The molecule has 0 saturated heterocycles. The van der Waals surface area contributed by atoms with Gasteiger partial charge in [0.25, 0.3) is 0 Å². The van der Waals surface area contributed by atoms with Crippen molar-refractivity contribution < 1.29 is 0 Å². The predicted molar refractivity (Wildman–Crippen MR) is 233 cm³/mol. The molecule has 3 aromatic heterocycles. The molecule has 0 aliphatic heterocycles. The molecule has 3 heterocycles. The van der Waals surface area contributed by atoms with Gasteiger partial charge in [0, 0.05) is 63.7 Å². The molecule has 0 spiro atoms. The molecule has 268 valence electrons. The van der Waals surface area contributed by atoms with Gasteiger partial charge in [0.1, 0.15) is 0 Å². The first-order valence-corrected chi connectivity index (χ1v) is 18.8. The summed E-state index contributed by atoms with van der Waals surface area (Å²) in [6, 6.07) is 60.2. The SMILES string of the molecule is Cc1ccc(N(c2ccc(C)cc2)c2ccc(C=Nn3c(-c4ccc(-c5ccncc5)cc4)c4ccccc4c3-c3ccc(-c4ccncc4)cc3)cc2)cc1. The van der Waals surface area contributed by atoms with Crippen LogP contribution in [0.4, 0.5) is 17.1 Å². The van der Waals surface area contributed by atoms with E-state index >= 15 is 0 Å². The molecule has 6 aromatic carbocycles. The maximum Gasteiger partial charge on any atom is 0.0804 e. The van der Waals surface area contributed by atoms with E-state index in [1.54, 1.807) is 0 Å². The van der Waals surface area contributed by atoms with Crippen molar-refractivity contribution in [2.24, 2.45) is 5.10 Å². The molecule has 0 aliphatic carbocycles. The van der Waals surface area contributed by atoms with Crippen LogP contribution in [0.15, 0.2) is 200 Å². The summed E-state index contributed by atoms with van der Waals surface area (Å²) in [4.78, 5) is 10.7. The Morgan fingerprint density at radius 3 is 1.18 bits per heavy atom. The fraction of sp³-hybridized carbons (Fsp3) is 0.0392. The van der Waals surface area contributed by atoms with Crippen molar-refractivity contribution in [2.45, 2.75) is 13.8 Å². The van der Waals surface area contributed by atoms with E-state index in [0.717, 1.165) is 78.2 Å². The highest BCUT2D eigenvalue weighted by molar-refractivity contribution is 6.06. The topological polar surface area (TPSA) is 46.3 Å². The minimum Gasteiger partial charge on any atom is -0.311 e. The van der Waals surface area contributed by atoms with E-state index in [2.05, 4.69) is 179 Å². The lowest BCUT2D eigenvalue weighted by atomic mass is 10.0. The van der Waals surface area contributed by atoms with Crippen LogP contribution in [0.1, 0.15) is 16.7 Å². The fourth-order valence-corrected chi connectivity index (χ4v) is 7.31. The van der Waals surface area contributed by atoms with E-state index in [1.165, 1.54) is 11.1 Å². The normalized spacial score (nSPS) is 11.3. The number of rotatable bonds is 9. The standard InChI is InChI=1S/C51H39N5/c1-36-7-21-45(22-8-36)55(46-23-9-37(2)10-24-46)47-25-11-38(12-26-47)35-54-56-50(43-17-13-39(14-18-43)41-27-31-52-32-28-41)48-5-3-4-6-49(48)51(56)44-19-15-40(16-20-44)42-29-33-53-34-30-42/h3-35H,1-2H3. The Hall–Kier alpha value is -7.37. The molecule has 5 nitrogen and oxygen atoms in total. The molecule has 0 atom stereocenters. The molecule has 56 heavy (non-hydrogen) atoms. The first kappa shape index (κ1) is 34.4. The molecule has 0 amide bonds. The number of anilines is 3. The second-order valence-electron chi connectivity index (χ2n) is 14.0. The summed E-state index contributed by atoms with van der Waals surface area (Å²) in [5, 5.41) is 7.57. The summed E-state index contributed by atoms with van der Waals surface area (Å²) in [6.07, 6.45) is 9.29. The number of benzene rings is 6. The van der Waals surface area contributed by atoms with Gasteiger partial charge in [-0.3, -0.25) is 9.97 Å². The zero-order valence-corrected chi connectivity index (χ0v) is 31.3. The average Bonchev–Trinajstić information content (AvgIpc) is 3.59. The minimum absolute atomic E-state index is 0.997. The van der Waals surface area contributed by atoms with Crippen LogP contribution < -0.4 is 4.90 Å². The van der Waals surface area contributed by atoms with Gasteiger partial charge < -0.3 is 4.90 Å². The fourth-order valence-electron chi connectivity index (χ4n) is 7.31. The van der Waals surface area contributed by atoms with E-state index in [1.807, 2.05) is 55.3 Å². The Morgan fingerprint density at radius 2 is 0.768 bits per heavy atom. The molecule has 0 saturated carbocycles. The number of aromatic nitrogens is 3. The minimum atomic E-state index is 0.997. The number of hydrogen-bond acceptors (Lipinski definition) is 4. The zero-order chi connectivity index (χ0) is 37.8. The lowest BCUT2D eigenvalue weighted by Gasteiger charge is -2.25. The molecule has 0 radical (unpaired) electrons. The molecule has 0 unspecified atom stereocenters. The van der Waals surface area contributed by atoms with Gasteiger partial charge >= 0.3 is 0 Å². The van der Waals surface area contributed by atoms with E-state index in [9.17, 15) is 0 Å². The number of pyridine rings is 2. The number of nitrogens with zero attached hydrogens (tertiary/aromatic N) is 5. The molecule has 0 bridgehead atoms. The molecule has 0 fully saturated rings. The highest BCUT2D eigenvalue weighted by atomic mass is 15.4. The van der Waals surface area contributed by atoms with Gasteiger partial charge in [-0.1, -0.05) is 120 Å². The summed E-state index contributed by atoms with van der Waals surface area (Å²) in [6.45, 7) is 4.24. The zero-order valence-electron chi connectivity index (χ0n) is 31.3. The maximum absolute atomic E-state index is 5.30. The summed E-state index contributed by atoms with van der Waals surface area (Å²) < 4.78 is 2.12. The van der Waals surface area contributed by atoms with E-state index in [0.29, 0.717) is 0 Å². The van der Waals surface area contributed by atoms with Crippen molar-refractivity contribution in [2.75, 3.05) is 4.90 Å². The maximum atomic E-state index is 5.30. The van der Waals surface area contributed by atoms with Crippen LogP contribution >= 0.6 is 0 Å². The number of fused-ring (bicyclic) bond motifs is 1. The number of aryl methyl sites for hydroxylation is 2. The highest BCUT2D eigenvalue weighted by Crippen LogP contribution is 2.41. The van der Waals surface area contributed by atoms with Gasteiger partial charge in [0.15, 0.2) is 0 Å². The largest absolute Gasteiger partial charge is 0.311 e. The van der Waals surface area contributed by atoms with Crippen LogP contribution in [0.2, 0.25) is 0 Å². The predicted octanol–water partition coefficient (Wildman–Crippen LogP) is 13.1. The molecule has 5 heteroatoms. The van der Waals surface area contributed by atoms with Crippen molar-refractivity contribution >= 4 is 34.0 Å². The third-order valence-electron chi connectivity index (χ3n) is 10.3. The van der Waals surface area contributed by atoms with Crippen LogP contribution in [0.5, 0.6) is 0 Å². The highest BCUT2D eigenvalue weighted by Gasteiger charge is 2.20. The van der Waals surface area contributed by atoms with E-state index in [-0.39, 0.29) is 0 Å². The monoisotopic (exact) mass is 721 g/mol. The Morgan fingerprint density at radius 1 is 0.411 bits per heavy atom. The van der Waals surface area contributed by atoms with Crippen LogP contribution in [0.3, 0.4) is 0 Å². The smallest absolute Gasteiger partial charge is 0.0804 e. The van der Waals surface area contributed by atoms with E-state index in [4.69, 9.17) is 5.10 Å². The van der Waals surface area contributed by atoms with Crippen molar-refractivity contribution in [1.82, 2.24) is 14.6 Å². The van der Waals surface area contributed by atoms with Crippen molar-refractivity contribution in [3.05, 3.63) is 211 Å². The van der Waals surface area contributed by atoms with Gasteiger partial charge in [0.05, 0.1) is 17.6 Å².